The molecule has 368 valence electrons. The summed E-state index contributed by atoms with van der Waals surface area (Å²) in [5.74, 6) is -0.00404. The Morgan fingerprint density at radius 1 is 0.306 bits per heavy atom. The number of esters is 3. The van der Waals surface area contributed by atoms with Gasteiger partial charge in [0.2, 0.25) is 0 Å². The molecule has 0 heterocycles. The number of unbranched alkanes of at least 4 members (excludes halogenated alkanes) is 38. The molecule has 0 fully saturated rings. The molecule has 0 saturated carbocycles. The zero-order valence-corrected chi connectivity index (χ0v) is 42.3. The summed E-state index contributed by atoms with van der Waals surface area (Å²) in [4.78, 5) is 38.1. The molecule has 0 saturated heterocycles. The van der Waals surface area contributed by atoms with Gasteiger partial charge in [-0.2, -0.15) is 0 Å². The highest BCUT2D eigenvalue weighted by Gasteiger charge is 2.19. The van der Waals surface area contributed by atoms with Crippen molar-refractivity contribution in [2.75, 3.05) is 13.2 Å². The zero-order valence-electron chi connectivity index (χ0n) is 42.3. The molecule has 1 atom stereocenters. The van der Waals surface area contributed by atoms with Crippen LogP contribution in [0.3, 0.4) is 0 Å². The fourth-order valence-electron chi connectivity index (χ4n) is 8.57. The average molecular weight is 877 g/mol. The van der Waals surface area contributed by atoms with E-state index in [1.165, 1.54) is 212 Å². The summed E-state index contributed by atoms with van der Waals surface area (Å²) in [5, 5.41) is 0. The number of carbonyl (C=O) groups is 3. The molecule has 0 radical (unpaired) electrons. The lowest BCUT2D eigenvalue weighted by molar-refractivity contribution is -0.167. The standard InChI is InChI=1S/C56H108O6/c1-5-7-9-11-13-15-17-19-20-21-23-29-33-37-41-45-49-56(59)62-53(50-60-54(57)47-43-39-35-31-27-22-18-16-14-12-10-8-6-2)51-61-55(58)48-44-40-36-32-28-25-24-26-30-34-38-42-46-52(3)4/h52-53H,5-51H2,1-4H3/t53-/m1/s1. The van der Waals surface area contributed by atoms with E-state index in [9.17, 15) is 14.4 Å². The van der Waals surface area contributed by atoms with Crippen LogP contribution < -0.4 is 0 Å². The third-order valence-electron chi connectivity index (χ3n) is 12.8. The number of hydrogen-bond donors (Lipinski definition) is 0. The molecule has 0 spiro atoms. The molecule has 0 aliphatic heterocycles. The predicted molar refractivity (Wildman–Crippen MR) is 266 cm³/mol. The van der Waals surface area contributed by atoms with Crippen molar-refractivity contribution in [1.29, 1.82) is 0 Å². The van der Waals surface area contributed by atoms with E-state index in [2.05, 4.69) is 27.7 Å². The number of rotatable bonds is 51. The second-order valence-electron chi connectivity index (χ2n) is 19.7. The third kappa shape index (κ3) is 49.4. The molecule has 0 aromatic rings. The van der Waals surface area contributed by atoms with Crippen molar-refractivity contribution in [3.63, 3.8) is 0 Å². The Morgan fingerprint density at radius 2 is 0.532 bits per heavy atom. The molecule has 0 N–H and O–H groups in total. The monoisotopic (exact) mass is 877 g/mol. The number of hydrogen-bond acceptors (Lipinski definition) is 6. The molecule has 0 unspecified atom stereocenters. The minimum Gasteiger partial charge on any atom is -0.462 e. The van der Waals surface area contributed by atoms with E-state index in [4.69, 9.17) is 14.2 Å². The second-order valence-corrected chi connectivity index (χ2v) is 19.7. The van der Waals surface area contributed by atoms with Crippen LogP contribution in [0.1, 0.15) is 317 Å². The maximum Gasteiger partial charge on any atom is 0.306 e. The lowest BCUT2D eigenvalue weighted by Crippen LogP contribution is -2.30. The van der Waals surface area contributed by atoms with Gasteiger partial charge in [-0.1, -0.05) is 278 Å². The smallest absolute Gasteiger partial charge is 0.306 e. The van der Waals surface area contributed by atoms with Crippen LogP contribution >= 0.6 is 0 Å². The van der Waals surface area contributed by atoms with Crippen molar-refractivity contribution >= 4 is 17.9 Å². The third-order valence-corrected chi connectivity index (χ3v) is 12.8. The van der Waals surface area contributed by atoms with Gasteiger partial charge in [-0.05, 0) is 25.2 Å². The Hall–Kier alpha value is -1.59. The maximum atomic E-state index is 12.8. The minimum atomic E-state index is -0.761. The summed E-state index contributed by atoms with van der Waals surface area (Å²) in [6, 6.07) is 0. The number of carbonyl (C=O) groups excluding carboxylic acids is 3. The van der Waals surface area contributed by atoms with Gasteiger partial charge in [0.25, 0.3) is 0 Å². The van der Waals surface area contributed by atoms with Crippen molar-refractivity contribution < 1.29 is 28.6 Å². The first-order chi connectivity index (χ1) is 30.4. The van der Waals surface area contributed by atoms with Gasteiger partial charge < -0.3 is 14.2 Å². The van der Waals surface area contributed by atoms with Crippen molar-refractivity contribution in [3.8, 4) is 0 Å². The van der Waals surface area contributed by atoms with E-state index in [0.29, 0.717) is 19.3 Å². The van der Waals surface area contributed by atoms with Crippen LogP contribution in [-0.2, 0) is 28.6 Å². The predicted octanol–water partition coefficient (Wildman–Crippen LogP) is 18.2. The van der Waals surface area contributed by atoms with Crippen LogP contribution in [0.25, 0.3) is 0 Å². The topological polar surface area (TPSA) is 78.9 Å². The molecule has 0 bridgehead atoms. The van der Waals surface area contributed by atoms with Crippen LogP contribution in [0.4, 0.5) is 0 Å². The van der Waals surface area contributed by atoms with E-state index in [1.807, 2.05) is 0 Å². The molecular formula is C56H108O6. The van der Waals surface area contributed by atoms with Crippen LogP contribution in [0.5, 0.6) is 0 Å². The van der Waals surface area contributed by atoms with Gasteiger partial charge in [-0.3, -0.25) is 14.4 Å². The van der Waals surface area contributed by atoms with Gasteiger partial charge in [-0.25, -0.2) is 0 Å². The molecule has 0 aromatic heterocycles. The fourth-order valence-corrected chi connectivity index (χ4v) is 8.57. The molecule has 0 aliphatic rings. The van der Waals surface area contributed by atoms with Crippen molar-refractivity contribution in [1.82, 2.24) is 0 Å². The van der Waals surface area contributed by atoms with E-state index in [1.54, 1.807) is 0 Å². The Morgan fingerprint density at radius 3 is 0.790 bits per heavy atom. The summed E-state index contributed by atoms with van der Waals surface area (Å²) in [5.41, 5.74) is 0. The largest absolute Gasteiger partial charge is 0.462 e. The highest BCUT2D eigenvalue weighted by atomic mass is 16.6. The minimum absolute atomic E-state index is 0.0621. The van der Waals surface area contributed by atoms with Gasteiger partial charge in [0.15, 0.2) is 6.10 Å². The van der Waals surface area contributed by atoms with Crippen molar-refractivity contribution in [2.24, 2.45) is 5.92 Å². The molecule has 0 aliphatic carbocycles. The fraction of sp³-hybridized carbons (Fsp3) is 0.946. The first kappa shape index (κ1) is 60.4. The van der Waals surface area contributed by atoms with Crippen LogP contribution in [-0.4, -0.2) is 37.2 Å². The van der Waals surface area contributed by atoms with E-state index in [0.717, 1.165) is 63.7 Å². The maximum absolute atomic E-state index is 12.8. The van der Waals surface area contributed by atoms with E-state index in [-0.39, 0.29) is 31.1 Å². The van der Waals surface area contributed by atoms with Gasteiger partial charge in [0.1, 0.15) is 13.2 Å². The normalized spacial score (nSPS) is 12.0. The number of ether oxygens (including phenoxy) is 3. The van der Waals surface area contributed by atoms with Crippen molar-refractivity contribution in [3.05, 3.63) is 0 Å². The average Bonchev–Trinajstić information content (AvgIpc) is 3.26. The summed E-state index contributed by atoms with van der Waals surface area (Å²) >= 11 is 0. The van der Waals surface area contributed by atoms with Crippen LogP contribution in [0.2, 0.25) is 0 Å². The van der Waals surface area contributed by atoms with Gasteiger partial charge in [0.05, 0.1) is 0 Å². The Bertz CT molecular complexity index is 933. The van der Waals surface area contributed by atoms with Gasteiger partial charge in [0, 0.05) is 19.3 Å². The molecule has 62 heavy (non-hydrogen) atoms. The summed E-state index contributed by atoms with van der Waals surface area (Å²) in [7, 11) is 0. The Balaban J connectivity index is 4.30. The molecule has 0 aromatic carbocycles. The first-order valence-corrected chi connectivity index (χ1v) is 27.9. The molecule has 0 rings (SSSR count). The van der Waals surface area contributed by atoms with Crippen LogP contribution in [0, 0.1) is 5.92 Å². The van der Waals surface area contributed by atoms with E-state index >= 15 is 0 Å². The molecule has 0 amide bonds. The Kier molecular flexibility index (Phi) is 49.1. The van der Waals surface area contributed by atoms with Gasteiger partial charge >= 0.3 is 17.9 Å². The second kappa shape index (κ2) is 50.4. The van der Waals surface area contributed by atoms with Gasteiger partial charge in [-0.15, -0.1) is 0 Å². The van der Waals surface area contributed by atoms with Crippen molar-refractivity contribution in [2.45, 2.75) is 323 Å². The highest BCUT2D eigenvalue weighted by molar-refractivity contribution is 5.71. The van der Waals surface area contributed by atoms with E-state index < -0.39 is 6.10 Å². The quantitative estimate of drug-likeness (QED) is 0.0344. The first-order valence-electron chi connectivity index (χ1n) is 27.9. The molecule has 6 heteroatoms. The summed E-state index contributed by atoms with van der Waals surface area (Å²) in [6.07, 6.45) is 53.7. The SMILES string of the molecule is CCCCCCCCCCCCCCCCCCC(=O)O[C@H](COC(=O)CCCCCCCCCCCCCCC)COC(=O)CCCCCCCCCCCCCCC(C)C. The lowest BCUT2D eigenvalue weighted by atomic mass is 10.0. The summed E-state index contributed by atoms with van der Waals surface area (Å²) < 4.78 is 16.9. The molecule has 6 nitrogen and oxygen atoms in total. The summed E-state index contributed by atoms with van der Waals surface area (Å²) in [6.45, 7) is 9.05. The lowest BCUT2D eigenvalue weighted by Gasteiger charge is -2.18. The highest BCUT2D eigenvalue weighted by Crippen LogP contribution is 2.18. The molecular weight excluding hydrogens is 769 g/mol. The zero-order chi connectivity index (χ0) is 45.2. The van der Waals surface area contributed by atoms with Crippen LogP contribution in [0.15, 0.2) is 0 Å². The Labute approximate surface area is 387 Å².